The molecule has 4 nitrogen and oxygen atoms in total. The van der Waals surface area contributed by atoms with Crippen LogP contribution in [0, 0.1) is 0 Å². The molecular formula is C17H16ClNO3. The Morgan fingerprint density at radius 2 is 2.14 bits per heavy atom. The molecule has 0 saturated heterocycles. The van der Waals surface area contributed by atoms with Crippen molar-refractivity contribution in [3.05, 3.63) is 58.6 Å². The van der Waals surface area contributed by atoms with Gasteiger partial charge in [0.15, 0.2) is 0 Å². The van der Waals surface area contributed by atoms with E-state index in [2.05, 4.69) is 0 Å². The molecule has 5 heteroatoms. The van der Waals surface area contributed by atoms with Crippen LogP contribution in [-0.4, -0.2) is 24.7 Å². The fourth-order valence-corrected chi connectivity index (χ4v) is 2.88. The number of halogens is 1. The molecule has 1 heterocycles. The topological polar surface area (TPSA) is 49.8 Å². The molecule has 1 aliphatic rings. The molecule has 2 aromatic rings. The van der Waals surface area contributed by atoms with Gasteiger partial charge in [-0.05, 0) is 42.8 Å². The zero-order chi connectivity index (χ0) is 15.7. The van der Waals surface area contributed by atoms with Crippen LogP contribution in [0.2, 0.25) is 5.02 Å². The SMILES string of the molecule is COc1ccc2c(c1)C(O)CCN2C(=O)c1cccc(Cl)c1. The molecule has 3 rings (SSSR count). The van der Waals surface area contributed by atoms with Crippen LogP contribution in [0.4, 0.5) is 5.69 Å². The molecule has 2 aromatic carbocycles. The quantitative estimate of drug-likeness (QED) is 0.923. The third kappa shape index (κ3) is 2.67. The van der Waals surface area contributed by atoms with Gasteiger partial charge in [0.05, 0.1) is 18.9 Å². The summed E-state index contributed by atoms with van der Waals surface area (Å²) in [5.74, 6) is 0.538. The summed E-state index contributed by atoms with van der Waals surface area (Å²) in [5, 5.41) is 10.7. The van der Waals surface area contributed by atoms with E-state index in [0.717, 1.165) is 0 Å². The van der Waals surface area contributed by atoms with Crippen molar-refractivity contribution >= 4 is 23.2 Å². The normalized spacial score (nSPS) is 17.0. The molecule has 0 radical (unpaired) electrons. The van der Waals surface area contributed by atoms with Crippen molar-refractivity contribution in [1.82, 2.24) is 0 Å². The summed E-state index contributed by atoms with van der Waals surface area (Å²) in [6, 6.07) is 12.2. The molecule has 0 aromatic heterocycles. The predicted molar refractivity (Wildman–Crippen MR) is 85.7 cm³/mol. The minimum Gasteiger partial charge on any atom is -0.497 e. The second kappa shape index (κ2) is 5.99. The van der Waals surface area contributed by atoms with Gasteiger partial charge >= 0.3 is 0 Å². The van der Waals surface area contributed by atoms with E-state index < -0.39 is 6.10 Å². The summed E-state index contributed by atoms with van der Waals surface area (Å²) in [7, 11) is 1.58. The Balaban J connectivity index is 2.00. The lowest BCUT2D eigenvalue weighted by Gasteiger charge is -2.32. The van der Waals surface area contributed by atoms with Gasteiger partial charge in [0, 0.05) is 22.7 Å². The highest BCUT2D eigenvalue weighted by Gasteiger charge is 2.28. The van der Waals surface area contributed by atoms with Crippen LogP contribution >= 0.6 is 11.6 Å². The standard InChI is InChI=1S/C17H16ClNO3/c1-22-13-5-6-15-14(10-13)16(20)7-8-19(15)17(21)11-3-2-4-12(18)9-11/h2-6,9-10,16,20H,7-8H2,1H3. The molecule has 0 saturated carbocycles. The van der Waals surface area contributed by atoms with Crippen molar-refractivity contribution in [3.63, 3.8) is 0 Å². The minimum absolute atomic E-state index is 0.124. The van der Waals surface area contributed by atoms with Crippen LogP contribution in [0.1, 0.15) is 28.4 Å². The molecule has 114 valence electrons. The number of amides is 1. The number of ether oxygens (including phenoxy) is 1. The number of hydrogen-bond donors (Lipinski definition) is 1. The van der Waals surface area contributed by atoms with Gasteiger partial charge in [-0.1, -0.05) is 17.7 Å². The maximum Gasteiger partial charge on any atom is 0.258 e. The Morgan fingerprint density at radius 1 is 1.32 bits per heavy atom. The first-order valence-electron chi connectivity index (χ1n) is 7.03. The van der Waals surface area contributed by atoms with Crippen LogP contribution in [0.25, 0.3) is 0 Å². The first-order chi connectivity index (χ1) is 10.6. The van der Waals surface area contributed by atoms with Crippen molar-refractivity contribution < 1.29 is 14.6 Å². The molecule has 0 spiro atoms. The summed E-state index contributed by atoms with van der Waals surface area (Å²) in [5.41, 5.74) is 1.95. The zero-order valence-electron chi connectivity index (χ0n) is 12.1. The Morgan fingerprint density at radius 3 is 2.86 bits per heavy atom. The lowest BCUT2D eigenvalue weighted by molar-refractivity contribution is 0.0970. The molecule has 0 fully saturated rings. The number of aliphatic hydroxyl groups is 1. The molecule has 1 aliphatic heterocycles. The number of hydrogen-bond acceptors (Lipinski definition) is 3. The molecular weight excluding hydrogens is 302 g/mol. The number of anilines is 1. The maximum atomic E-state index is 12.7. The van der Waals surface area contributed by atoms with E-state index in [-0.39, 0.29) is 5.91 Å². The van der Waals surface area contributed by atoms with Gasteiger partial charge < -0.3 is 14.7 Å². The molecule has 0 bridgehead atoms. The van der Waals surface area contributed by atoms with E-state index in [1.807, 2.05) is 0 Å². The van der Waals surface area contributed by atoms with Crippen molar-refractivity contribution in [2.75, 3.05) is 18.6 Å². The van der Waals surface area contributed by atoms with Crippen LogP contribution in [0.5, 0.6) is 5.75 Å². The van der Waals surface area contributed by atoms with Crippen molar-refractivity contribution in [1.29, 1.82) is 0 Å². The van der Waals surface area contributed by atoms with Gasteiger partial charge in [-0.15, -0.1) is 0 Å². The highest BCUT2D eigenvalue weighted by molar-refractivity contribution is 6.31. The maximum absolute atomic E-state index is 12.7. The summed E-state index contributed by atoms with van der Waals surface area (Å²) in [6.07, 6.45) is -0.0968. The van der Waals surface area contributed by atoms with Crippen LogP contribution in [0.3, 0.4) is 0 Å². The number of methoxy groups -OCH3 is 1. The van der Waals surface area contributed by atoms with Gasteiger partial charge in [0.2, 0.25) is 0 Å². The van der Waals surface area contributed by atoms with E-state index in [0.29, 0.717) is 40.6 Å². The number of fused-ring (bicyclic) bond motifs is 1. The summed E-state index contributed by atoms with van der Waals surface area (Å²) < 4.78 is 5.19. The largest absolute Gasteiger partial charge is 0.497 e. The van der Waals surface area contributed by atoms with E-state index >= 15 is 0 Å². The summed E-state index contributed by atoms with van der Waals surface area (Å²) in [4.78, 5) is 14.4. The lowest BCUT2D eigenvalue weighted by Crippen LogP contribution is -2.36. The monoisotopic (exact) mass is 317 g/mol. The van der Waals surface area contributed by atoms with E-state index in [9.17, 15) is 9.90 Å². The number of rotatable bonds is 2. The third-order valence-corrected chi connectivity index (χ3v) is 4.06. The fourth-order valence-electron chi connectivity index (χ4n) is 2.69. The number of nitrogens with zero attached hydrogens (tertiary/aromatic N) is 1. The number of benzene rings is 2. The minimum atomic E-state index is -0.589. The van der Waals surface area contributed by atoms with E-state index in [4.69, 9.17) is 16.3 Å². The van der Waals surface area contributed by atoms with Crippen LogP contribution in [-0.2, 0) is 0 Å². The molecule has 1 amide bonds. The summed E-state index contributed by atoms with van der Waals surface area (Å²) >= 11 is 5.96. The smallest absolute Gasteiger partial charge is 0.258 e. The summed E-state index contributed by atoms with van der Waals surface area (Å²) in [6.45, 7) is 0.464. The molecule has 1 unspecified atom stereocenters. The van der Waals surface area contributed by atoms with Gasteiger partial charge in [0.25, 0.3) is 5.91 Å². The number of carbonyl (C=O) groups excluding carboxylic acids is 1. The van der Waals surface area contributed by atoms with Crippen molar-refractivity contribution in [3.8, 4) is 5.75 Å². The Hall–Kier alpha value is -2.04. The second-order valence-electron chi connectivity index (χ2n) is 5.20. The zero-order valence-corrected chi connectivity index (χ0v) is 12.9. The van der Waals surface area contributed by atoms with Crippen LogP contribution < -0.4 is 9.64 Å². The molecule has 22 heavy (non-hydrogen) atoms. The Labute approximate surface area is 133 Å². The van der Waals surface area contributed by atoms with Crippen LogP contribution in [0.15, 0.2) is 42.5 Å². The first-order valence-corrected chi connectivity index (χ1v) is 7.41. The number of aliphatic hydroxyl groups excluding tert-OH is 1. The van der Waals surface area contributed by atoms with Gasteiger partial charge in [-0.2, -0.15) is 0 Å². The van der Waals surface area contributed by atoms with Gasteiger partial charge in [0.1, 0.15) is 5.75 Å². The van der Waals surface area contributed by atoms with Gasteiger partial charge in [-0.3, -0.25) is 4.79 Å². The third-order valence-electron chi connectivity index (χ3n) is 3.83. The highest BCUT2D eigenvalue weighted by Crippen LogP contribution is 2.37. The highest BCUT2D eigenvalue weighted by atomic mass is 35.5. The van der Waals surface area contributed by atoms with E-state index in [1.165, 1.54) is 0 Å². The average molecular weight is 318 g/mol. The first kappa shape index (κ1) is 14.9. The molecule has 0 aliphatic carbocycles. The molecule has 1 N–H and O–H groups in total. The van der Waals surface area contributed by atoms with Crippen molar-refractivity contribution in [2.45, 2.75) is 12.5 Å². The lowest BCUT2D eigenvalue weighted by atomic mass is 9.97. The fraction of sp³-hybridized carbons (Fsp3) is 0.235. The molecule has 1 atom stereocenters. The predicted octanol–water partition coefficient (Wildman–Crippen LogP) is 3.43. The van der Waals surface area contributed by atoms with E-state index in [1.54, 1.807) is 54.5 Å². The van der Waals surface area contributed by atoms with Gasteiger partial charge in [-0.25, -0.2) is 0 Å². The second-order valence-corrected chi connectivity index (χ2v) is 5.63. The Bertz CT molecular complexity index is 717. The number of carbonyl (C=O) groups is 1. The average Bonchev–Trinajstić information content (AvgIpc) is 2.54. The Kier molecular flexibility index (Phi) is 4.05. The van der Waals surface area contributed by atoms with Crippen molar-refractivity contribution in [2.24, 2.45) is 0 Å².